The predicted octanol–water partition coefficient (Wildman–Crippen LogP) is 3.16. The van der Waals surface area contributed by atoms with Crippen molar-refractivity contribution in [2.24, 2.45) is 11.8 Å². The molecule has 1 aromatic carbocycles. The van der Waals surface area contributed by atoms with Gasteiger partial charge in [0, 0.05) is 10.4 Å². The van der Waals surface area contributed by atoms with E-state index in [-0.39, 0.29) is 5.91 Å². The fraction of sp³-hybridized carbons (Fsp3) is 0.467. The zero-order valence-electron chi connectivity index (χ0n) is 12.1. The van der Waals surface area contributed by atoms with Gasteiger partial charge in [-0.05, 0) is 31.5 Å². The number of carbonyl (C=O) groups is 2. The minimum atomic E-state index is -0.964. The van der Waals surface area contributed by atoms with Crippen LogP contribution in [0.1, 0.15) is 33.3 Å². The molecule has 0 aromatic heterocycles. The number of carboxylic acids is 1. The zero-order valence-corrected chi connectivity index (χ0v) is 13.7. The first-order valence-electron chi connectivity index (χ1n) is 6.46. The van der Waals surface area contributed by atoms with Crippen LogP contribution in [0, 0.1) is 11.8 Å². The highest BCUT2D eigenvalue weighted by Crippen LogP contribution is 2.23. The van der Waals surface area contributed by atoms with E-state index in [9.17, 15) is 9.59 Å². The lowest BCUT2D eigenvalue weighted by molar-refractivity contribution is -0.146. The van der Waals surface area contributed by atoms with Crippen molar-refractivity contribution >= 4 is 27.8 Å². The van der Waals surface area contributed by atoms with Gasteiger partial charge in [0.15, 0.2) is 0 Å². The smallest absolute Gasteiger partial charge is 0.307 e. The molecule has 0 spiro atoms. The van der Waals surface area contributed by atoms with Crippen molar-refractivity contribution in [2.45, 2.75) is 33.2 Å². The summed E-state index contributed by atoms with van der Waals surface area (Å²) in [5.74, 6) is -2.51. The summed E-state index contributed by atoms with van der Waals surface area (Å²) in [6.07, 6.45) is 0. The monoisotopic (exact) mass is 341 g/mol. The molecule has 0 bridgehead atoms. The molecule has 1 amide bonds. The van der Waals surface area contributed by atoms with E-state index in [0.717, 1.165) is 10.0 Å². The molecule has 0 radical (unpaired) electrons. The van der Waals surface area contributed by atoms with Crippen LogP contribution in [-0.2, 0) is 15.1 Å². The highest BCUT2D eigenvalue weighted by Gasteiger charge is 2.30. The number of carbonyl (C=O) groups excluding carboxylic acids is 1. The Hall–Kier alpha value is -1.36. The van der Waals surface area contributed by atoms with Crippen LogP contribution in [0.4, 0.5) is 0 Å². The van der Waals surface area contributed by atoms with Crippen molar-refractivity contribution in [1.29, 1.82) is 0 Å². The van der Waals surface area contributed by atoms with E-state index in [1.807, 2.05) is 38.1 Å². The molecule has 4 nitrogen and oxygen atoms in total. The number of benzene rings is 1. The molecule has 0 saturated heterocycles. The summed E-state index contributed by atoms with van der Waals surface area (Å²) in [5, 5.41) is 11.9. The summed E-state index contributed by atoms with van der Waals surface area (Å²) in [6, 6.07) is 7.67. The lowest BCUT2D eigenvalue weighted by Crippen LogP contribution is -2.45. The van der Waals surface area contributed by atoms with Crippen LogP contribution in [0.5, 0.6) is 0 Å². The highest BCUT2D eigenvalue weighted by molar-refractivity contribution is 9.10. The minimum Gasteiger partial charge on any atom is -0.481 e. The van der Waals surface area contributed by atoms with Gasteiger partial charge in [0.2, 0.25) is 5.91 Å². The van der Waals surface area contributed by atoms with Crippen molar-refractivity contribution in [3.8, 4) is 0 Å². The average Bonchev–Trinajstić information content (AvgIpc) is 2.36. The predicted molar refractivity (Wildman–Crippen MR) is 81.3 cm³/mol. The van der Waals surface area contributed by atoms with Gasteiger partial charge < -0.3 is 10.4 Å². The topological polar surface area (TPSA) is 66.4 Å². The van der Waals surface area contributed by atoms with E-state index in [2.05, 4.69) is 21.2 Å². The lowest BCUT2D eigenvalue weighted by Gasteiger charge is -2.29. The van der Waals surface area contributed by atoms with Crippen molar-refractivity contribution in [1.82, 2.24) is 5.32 Å². The summed E-state index contributed by atoms with van der Waals surface area (Å²) in [6.45, 7) is 6.96. The summed E-state index contributed by atoms with van der Waals surface area (Å²) >= 11 is 3.37. The van der Waals surface area contributed by atoms with Gasteiger partial charge in [-0.1, -0.05) is 41.9 Å². The van der Waals surface area contributed by atoms with E-state index in [0.29, 0.717) is 0 Å². The molecule has 2 N–H and O–H groups in total. The zero-order chi connectivity index (χ0) is 15.5. The molecule has 110 valence electrons. The molecular formula is C15H20BrNO3. The van der Waals surface area contributed by atoms with Crippen LogP contribution >= 0.6 is 15.9 Å². The van der Waals surface area contributed by atoms with Gasteiger partial charge >= 0.3 is 5.97 Å². The Morgan fingerprint density at radius 2 is 1.65 bits per heavy atom. The number of halogens is 1. The fourth-order valence-electron chi connectivity index (χ4n) is 1.80. The third kappa shape index (κ3) is 4.07. The SMILES string of the molecule is CC(C(=O)O)C(C)C(=O)NC(C)(C)c1ccc(Br)cc1. The van der Waals surface area contributed by atoms with Crippen LogP contribution < -0.4 is 5.32 Å². The second-order valence-corrected chi connectivity index (χ2v) is 6.45. The molecule has 0 aliphatic carbocycles. The molecule has 0 aliphatic heterocycles. The Morgan fingerprint density at radius 1 is 1.15 bits per heavy atom. The number of carboxylic acid groups (broad SMARTS) is 1. The summed E-state index contributed by atoms with van der Waals surface area (Å²) < 4.78 is 0.969. The Bertz CT molecular complexity index is 496. The number of amides is 1. The first kappa shape index (κ1) is 16.7. The van der Waals surface area contributed by atoms with Crippen molar-refractivity contribution < 1.29 is 14.7 Å². The molecule has 1 aromatic rings. The Morgan fingerprint density at radius 3 is 2.10 bits per heavy atom. The van der Waals surface area contributed by atoms with Gasteiger partial charge in [-0.25, -0.2) is 0 Å². The van der Waals surface area contributed by atoms with Gasteiger partial charge in [-0.15, -0.1) is 0 Å². The molecule has 5 heteroatoms. The maximum absolute atomic E-state index is 12.2. The number of rotatable bonds is 5. The molecule has 0 heterocycles. The van der Waals surface area contributed by atoms with Crippen LogP contribution in [0.2, 0.25) is 0 Å². The second-order valence-electron chi connectivity index (χ2n) is 5.54. The second kappa shape index (κ2) is 6.39. The fourth-order valence-corrected chi connectivity index (χ4v) is 2.07. The quantitative estimate of drug-likeness (QED) is 0.864. The van der Waals surface area contributed by atoms with Crippen LogP contribution in [0.3, 0.4) is 0 Å². The van der Waals surface area contributed by atoms with Crippen molar-refractivity contribution in [3.05, 3.63) is 34.3 Å². The molecule has 2 atom stereocenters. The molecule has 2 unspecified atom stereocenters. The standard InChI is InChI=1S/C15H20BrNO3/c1-9(10(2)14(19)20)13(18)17-15(3,4)11-5-7-12(16)8-6-11/h5-10H,1-4H3,(H,17,18)(H,19,20). The van der Waals surface area contributed by atoms with E-state index < -0.39 is 23.3 Å². The summed E-state index contributed by atoms with van der Waals surface area (Å²) in [4.78, 5) is 23.1. The normalized spacial score (nSPS) is 14.4. The van der Waals surface area contributed by atoms with Gasteiger partial charge in [0.1, 0.15) is 0 Å². The number of aliphatic carboxylic acids is 1. The third-order valence-electron chi connectivity index (χ3n) is 3.55. The highest BCUT2D eigenvalue weighted by atomic mass is 79.9. The van der Waals surface area contributed by atoms with Gasteiger partial charge in [-0.3, -0.25) is 9.59 Å². The van der Waals surface area contributed by atoms with E-state index in [4.69, 9.17) is 5.11 Å². The van der Waals surface area contributed by atoms with Crippen molar-refractivity contribution in [2.75, 3.05) is 0 Å². The summed E-state index contributed by atoms with van der Waals surface area (Å²) in [5.41, 5.74) is 0.411. The number of hydrogen-bond donors (Lipinski definition) is 2. The van der Waals surface area contributed by atoms with Crippen LogP contribution in [0.25, 0.3) is 0 Å². The van der Waals surface area contributed by atoms with Crippen molar-refractivity contribution in [3.63, 3.8) is 0 Å². The van der Waals surface area contributed by atoms with Gasteiger partial charge in [0.05, 0.1) is 11.5 Å². The lowest BCUT2D eigenvalue weighted by atomic mass is 9.90. The average molecular weight is 342 g/mol. The molecule has 20 heavy (non-hydrogen) atoms. The maximum atomic E-state index is 12.2. The number of hydrogen-bond acceptors (Lipinski definition) is 2. The molecule has 0 fully saturated rings. The molecule has 0 aliphatic rings. The largest absolute Gasteiger partial charge is 0.481 e. The minimum absolute atomic E-state index is 0.257. The first-order valence-corrected chi connectivity index (χ1v) is 7.25. The third-order valence-corrected chi connectivity index (χ3v) is 4.08. The van der Waals surface area contributed by atoms with Crippen LogP contribution in [-0.4, -0.2) is 17.0 Å². The molecule has 1 rings (SSSR count). The summed E-state index contributed by atoms with van der Waals surface area (Å²) in [7, 11) is 0. The maximum Gasteiger partial charge on any atom is 0.307 e. The van der Waals surface area contributed by atoms with E-state index in [1.54, 1.807) is 13.8 Å². The molecule has 0 saturated carbocycles. The Balaban J connectivity index is 2.82. The van der Waals surface area contributed by atoms with Gasteiger partial charge in [-0.2, -0.15) is 0 Å². The first-order chi connectivity index (χ1) is 9.15. The van der Waals surface area contributed by atoms with Crippen LogP contribution in [0.15, 0.2) is 28.7 Å². The number of nitrogens with one attached hydrogen (secondary N) is 1. The Kier molecular flexibility index (Phi) is 5.34. The molecular weight excluding hydrogens is 322 g/mol. The Labute approximate surface area is 127 Å². The van der Waals surface area contributed by atoms with Gasteiger partial charge in [0.25, 0.3) is 0 Å². The van der Waals surface area contributed by atoms with E-state index in [1.165, 1.54) is 0 Å². The van der Waals surface area contributed by atoms with E-state index >= 15 is 0 Å².